The molecule has 0 aliphatic rings. The van der Waals surface area contributed by atoms with Gasteiger partial charge in [0, 0.05) is 50.2 Å². The number of benzene rings is 1. The zero-order chi connectivity index (χ0) is 14.8. The van der Waals surface area contributed by atoms with Gasteiger partial charge in [-0.05, 0) is 11.1 Å². The van der Waals surface area contributed by atoms with Crippen molar-refractivity contribution in [3.8, 4) is 16.8 Å². The van der Waals surface area contributed by atoms with E-state index in [2.05, 4.69) is 91.0 Å². The molecule has 0 saturated carbocycles. The first kappa shape index (κ1) is 13.5. The Balaban J connectivity index is 1.98. The molecule has 3 aromatic rings. The first-order chi connectivity index (χ1) is 10.1. The van der Waals surface area contributed by atoms with Crippen LogP contribution in [0.5, 0.6) is 0 Å². The van der Waals surface area contributed by atoms with Gasteiger partial charge in [-0.25, -0.2) is 4.57 Å². The topological polar surface area (TPSA) is 7.76 Å². The lowest BCUT2D eigenvalue weighted by atomic mass is 10.1. The third-order valence-electron chi connectivity index (χ3n) is 4.00. The molecule has 0 bridgehead atoms. The van der Waals surface area contributed by atoms with Gasteiger partial charge in [0.15, 0.2) is 23.8 Å². The highest BCUT2D eigenvalue weighted by Gasteiger charge is 2.11. The van der Waals surface area contributed by atoms with Crippen LogP contribution in [0, 0.1) is 13.8 Å². The van der Waals surface area contributed by atoms with Crippen LogP contribution in [-0.2, 0) is 7.05 Å². The monoisotopic (exact) mass is 276 g/mol. The summed E-state index contributed by atoms with van der Waals surface area (Å²) in [6.07, 6.45) is 4.23. The van der Waals surface area contributed by atoms with E-state index in [0.717, 1.165) is 0 Å². The third-order valence-corrected chi connectivity index (χ3v) is 4.00. The summed E-state index contributed by atoms with van der Waals surface area (Å²) < 4.78 is 4.34. The number of rotatable bonds is 2. The highest BCUT2D eigenvalue weighted by Crippen LogP contribution is 2.18. The van der Waals surface area contributed by atoms with Crippen molar-refractivity contribution in [2.75, 3.05) is 0 Å². The van der Waals surface area contributed by atoms with Crippen LogP contribution in [0.25, 0.3) is 16.8 Å². The van der Waals surface area contributed by atoms with Crippen LogP contribution in [-0.4, -0.2) is 0 Å². The number of hydrogen-bond donors (Lipinski definition) is 0. The van der Waals surface area contributed by atoms with Gasteiger partial charge in [0.1, 0.15) is 7.05 Å². The Bertz CT molecular complexity index is 736. The maximum Gasteiger partial charge on any atom is 0.210 e. The fourth-order valence-corrected chi connectivity index (χ4v) is 2.52. The molecule has 0 atom stereocenters. The number of pyridine rings is 2. The molecule has 3 rings (SSSR count). The molecule has 0 fully saturated rings. The molecule has 2 heteroatoms. The summed E-state index contributed by atoms with van der Waals surface area (Å²) in [5.74, 6) is 0. The second kappa shape index (κ2) is 5.49. The molecule has 0 N–H and O–H groups in total. The molecule has 0 radical (unpaired) electrons. The molecule has 2 nitrogen and oxygen atoms in total. The zero-order valence-corrected chi connectivity index (χ0v) is 12.7. The highest BCUT2D eigenvalue weighted by molar-refractivity contribution is 5.62. The van der Waals surface area contributed by atoms with Crippen LogP contribution in [0.4, 0.5) is 0 Å². The number of aryl methyl sites for hydroxylation is 2. The van der Waals surface area contributed by atoms with Gasteiger partial charge in [0.25, 0.3) is 0 Å². The van der Waals surface area contributed by atoms with E-state index in [1.165, 1.54) is 28.2 Å². The van der Waals surface area contributed by atoms with Crippen LogP contribution in [0.2, 0.25) is 0 Å². The molecule has 0 amide bonds. The van der Waals surface area contributed by atoms with Crippen LogP contribution in [0.3, 0.4) is 0 Å². The lowest BCUT2D eigenvalue weighted by molar-refractivity contribution is -0.683. The molecular weight excluding hydrogens is 256 g/mol. The molecule has 0 saturated heterocycles. The molecule has 0 spiro atoms. The van der Waals surface area contributed by atoms with E-state index in [4.69, 9.17) is 0 Å². The molecule has 2 aromatic heterocycles. The molecule has 104 valence electrons. The standard InChI is InChI=1S/C19H20N2/c1-15-13-18(14-16(2)20(15)3)17-9-11-21(12-10-17)19-7-5-4-6-8-19/h4-14H,1-3H3/q+2. The average molecular weight is 276 g/mol. The van der Waals surface area contributed by atoms with E-state index in [0.29, 0.717) is 0 Å². The van der Waals surface area contributed by atoms with Gasteiger partial charge in [-0.1, -0.05) is 18.2 Å². The average Bonchev–Trinajstić information content (AvgIpc) is 2.53. The van der Waals surface area contributed by atoms with E-state index < -0.39 is 0 Å². The highest BCUT2D eigenvalue weighted by atomic mass is 14.9. The number of aromatic nitrogens is 2. The lowest BCUT2D eigenvalue weighted by Crippen LogP contribution is -2.35. The van der Waals surface area contributed by atoms with Crippen LogP contribution < -0.4 is 9.13 Å². The van der Waals surface area contributed by atoms with Crippen molar-refractivity contribution >= 4 is 0 Å². The first-order valence-corrected chi connectivity index (χ1v) is 7.19. The van der Waals surface area contributed by atoms with Crippen molar-refractivity contribution in [1.29, 1.82) is 0 Å². The summed E-state index contributed by atoms with van der Waals surface area (Å²) in [7, 11) is 2.10. The first-order valence-electron chi connectivity index (χ1n) is 7.19. The Morgan fingerprint density at radius 2 is 1.29 bits per heavy atom. The maximum atomic E-state index is 2.23. The van der Waals surface area contributed by atoms with E-state index in [1.54, 1.807) is 0 Å². The molecule has 21 heavy (non-hydrogen) atoms. The molecule has 1 aromatic carbocycles. The minimum atomic E-state index is 1.18. The summed E-state index contributed by atoms with van der Waals surface area (Å²) in [6.45, 7) is 4.28. The Labute approximate surface area is 125 Å². The number of hydrogen-bond acceptors (Lipinski definition) is 0. The van der Waals surface area contributed by atoms with Crippen molar-refractivity contribution in [1.82, 2.24) is 0 Å². The SMILES string of the molecule is Cc1cc(-c2cc[n+](-c3ccccc3)cc2)cc(C)[n+]1C. The van der Waals surface area contributed by atoms with Crippen LogP contribution in [0.1, 0.15) is 11.4 Å². The van der Waals surface area contributed by atoms with E-state index in [1.807, 2.05) is 6.07 Å². The van der Waals surface area contributed by atoms with Crippen LogP contribution >= 0.6 is 0 Å². The van der Waals surface area contributed by atoms with Gasteiger partial charge in [0.2, 0.25) is 5.69 Å². The fourth-order valence-electron chi connectivity index (χ4n) is 2.52. The fraction of sp³-hybridized carbons (Fsp3) is 0.158. The van der Waals surface area contributed by atoms with Gasteiger partial charge in [-0.3, -0.25) is 0 Å². The number of nitrogens with zero attached hydrogens (tertiary/aromatic N) is 2. The molecule has 0 aliphatic heterocycles. The van der Waals surface area contributed by atoms with Gasteiger partial charge in [-0.2, -0.15) is 4.57 Å². The van der Waals surface area contributed by atoms with E-state index in [9.17, 15) is 0 Å². The van der Waals surface area contributed by atoms with E-state index in [-0.39, 0.29) is 0 Å². The lowest BCUT2D eigenvalue weighted by Gasteiger charge is -2.04. The Morgan fingerprint density at radius 1 is 0.714 bits per heavy atom. The van der Waals surface area contributed by atoms with Gasteiger partial charge in [-0.15, -0.1) is 0 Å². The summed E-state index contributed by atoms with van der Waals surface area (Å²) in [4.78, 5) is 0. The normalized spacial score (nSPS) is 10.6. The van der Waals surface area contributed by atoms with Crippen molar-refractivity contribution in [3.63, 3.8) is 0 Å². The maximum absolute atomic E-state index is 2.23. The second-order valence-corrected chi connectivity index (χ2v) is 5.42. The minimum Gasteiger partial charge on any atom is -0.203 e. The van der Waals surface area contributed by atoms with Crippen LogP contribution in [0.15, 0.2) is 67.0 Å². The van der Waals surface area contributed by atoms with Crippen molar-refractivity contribution in [2.24, 2.45) is 7.05 Å². The largest absolute Gasteiger partial charge is 0.210 e. The Kier molecular flexibility index (Phi) is 3.53. The summed E-state index contributed by atoms with van der Waals surface area (Å²) >= 11 is 0. The van der Waals surface area contributed by atoms with Gasteiger partial charge in [0.05, 0.1) is 0 Å². The predicted molar refractivity (Wildman–Crippen MR) is 84.1 cm³/mol. The van der Waals surface area contributed by atoms with Gasteiger partial charge < -0.3 is 0 Å². The smallest absolute Gasteiger partial charge is 0.203 e. The summed E-state index contributed by atoms with van der Waals surface area (Å²) in [5.41, 5.74) is 6.22. The minimum absolute atomic E-state index is 1.18. The summed E-state index contributed by atoms with van der Waals surface area (Å²) in [5, 5.41) is 0. The molecule has 0 aliphatic carbocycles. The van der Waals surface area contributed by atoms with Crippen molar-refractivity contribution < 1.29 is 9.13 Å². The molecule has 2 heterocycles. The van der Waals surface area contributed by atoms with Gasteiger partial charge >= 0.3 is 0 Å². The predicted octanol–water partition coefficient (Wildman–Crippen LogP) is 3.07. The Morgan fingerprint density at radius 3 is 1.86 bits per heavy atom. The van der Waals surface area contributed by atoms with Crippen molar-refractivity contribution in [3.05, 3.63) is 78.4 Å². The number of para-hydroxylation sites is 1. The van der Waals surface area contributed by atoms with E-state index >= 15 is 0 Å². The molecular formula is C19H20N2+2. The summed E-state index contributed by atoms with van der Waals surface area (Å²) in [6, 6.07) is 19.2. The zero-order valence-electron chi connectivity index (χ0n) is 12.7. The second-order valence-electron chi connectivity index (χ2n) is 5.42. The Hall–Kier alpha value is -2.48. The molecule has 0 unspecified atom stereocenters. The third kappa shape index (κ3) is 2.70. The van der Waals surface area contributed by atoms with Crippen molar-refractivity contribution in [2.45, 2.75) is 13.8 Å². The quantitative estimate of drug-likeness (QED) is 0.636.